The van der Waals surface area contributed by atoms with Gasteiger partial charge >= 0.3 is 0 Å². The predicted molar refractivity (Wildman–Crippen MR) is 98.9 cm³/mol. The van der Waals surface area contributed by atoms with Gasteiger partial charge in [0.2, 0.25) is 0 Å². The molecule has 0 nitrogen and oxygen atoms in total. The van der Waals surface area contributed by atoms with Crippen LogP contribution in [0.3, 0.4) is 0 Å². The number of benzene rings is 2. The topological polar surface area (TPSA) is 0 Å². The molecule has 0 aliphatic rings. The van der Waals surface area contributed by atoms with E-state index >= 15 is 0 Å². The summed E-state index contributed by atoms with van der Waals surface area (Å²) < 4.78 is 0. The highest BCUT2D eigenvalue weighted by Gasteiger charge is 2.35. The van der Waals surface area contributed by atoms with Gasteiger partial charge in [0.1, 0.15) is 0 Å². The second-order valence-electron chi connectivity index (χ2n) is 7.17. The Morgan fingerprint density at radius 3 is 1.10 bits per heavy atom. The predicted octanol–water partition coefficient (Wildman–Crippen LogP) is 6.08. The number of hydrogen-bond donors (Lipinski definition) is 0. The molecule has 0 aliphatic heterocycles. The van der Waals surface area contributed by atoms with Gasteiger partial charge in [0.05, 0.1) is 0 Å². The van der Waals surface area contributed by atoms with E-state index in [4.69, 9.17) is 0 Å². The molecule has 0 saturated carbocycles. The molecule has 0 atom stereocenters. The van der Waals surface area contributed by atoms with Gasteiger partial charge in [-0.15, -0.1) is 0 Å². The number of rotatable bonds is 1. The second kappa shape index (κ2) is 7.76. The highest BCUT2D eigenvalue weighted by atomic mass is 31.1. The van der Waals surface area contributed by atoms with Crippen molar-refractivity contribution >= 4 is 13.2 Å². The summed E-state index contributed by atoms with van der Waals surface area (Å²) in [6.45, 7) is 14.1. The Balaban J connectivity index is 0.000000304. The van der Waals surface area contributed by atoms with Gasteiger partial charge < -0.3 is 0 Å². The molecule has 0 unspecified atom stereocenters. The van der Waals surface area contributed by atoms with Crippen LogP contribution in [-0.2, 0) is 0 Å². The molecule has 0 bridgehead atoms. The highest BCUT2D eigenvalue weighted by Crippen LogP contribution is 2.57. The van der Waals surface area contributed by atoms with Gasteiger partial charge in [0.15, 0.2) is 0 Å². The van der Waals surface area contributed by atoms with Crippen molar-refractivity contribution in [1.82, 2.24) is 0 Å². The van der Waals surface area contributed by atoms with Crippen molar-refractivity contribution in [3.8, 4) is 0 Å². The fourth-order valence-corrected chi connectivity index (χ4v) is 6.77. The zero-order valence-corrected chi connectivity index (χ0v) is 15.2. The van der Waals surface area contributed by atoms with Gasteiger partial charge in [-0.2, -0.15) is 0 Å². The van der Waals surface area contributed by atoms with E-state index in [2.05, 4.69) is 71.9 Å². The highest BCUT2D eigenvalue weighted by molar-refractivity contribution is 7.68. The molecule has 0 amide bonds. The fourth-order valence-electron chi connectivity index (χ4n) is 2.74. The average molecular weight is 300 g/mol. The van der Waals surface area contributed by atoms with Gasteiger partial charge in [0, 0.05) is 0 Å². The van der Waals surface area contributed by atoms with Crippen LogP contribution in [0, 0.1) is 0 Å². The standard InChI is InChI=1S/C14H23P.C6H6/c1-13(2,3)15(14(4,5)6)12-10-8-7-9-11-12;1-2-4-6-5-3-1/h7-11H,1-6H3;1-6H. The van der Waals surface area contributed by atoms with Gasteiger partial charge in [-0.3, -0.25) is 0 Å². The minimum Gasteiger partial charge on any atom is -0.0643 e. The fraction of sp³-hybridized carbons (Fsp3) is 0.400. The summed E-state index contributed by atoms with van der Waals surface area (Å²) in [5.41, 5.74) is 0. The Kier molecular flexibility index (Phi) is 6.62. The van der Waals surface area contributed by atoms with Crippen LogP contribution in [-0.4, -0.2) is 10.3 Å². The maximum Gasteiger partial charge on any atom is -0.0134 e. The van der Waals surface area contributed by atoms with Crippen molar-refractivity contribution in [3.05, 3.63) is 66.7 Å². The van der Waals surface area contributed by atoms with Gasteiger partial charge in [-0.05, 0) is 15.6 Å². The zero-order chi connectivity index (χ0) is 15.9. The molecular weight excluding hydrogens is 271 g/mol. The third-order valence-electron chi connectivity index (χ3n) is 3.02. The van der Waals surface area contributed by atoms with Crippen LogP contribution >= 0.6 is 7.92 Å². The summed E-state index contributed by atoms with van der Waals surface area (Å²) >= 11 is 0. The molecule has 0 saturated heterocycles. The van der Waals surface area contributed by atoms with E-state index < -0.39 is 0 Å². The molecule has 0 aromatic heterocycles. The van der Waals surface area contributed by atoms with Crippen molar-refractivity contribution in [3.63, 3.8) is 0 Å². The Hall–Kier alpha value is -1.13. The van der Waals surface area contributed by atoms with Crippen molar-refractivity contribution in [2.45, 2.75) is 51.9 Å². The first-order valence-electron chi connectivity index (χ1n) is 7.58. The van der Waals surface area contributed by atoms with E-state index in [-0.39, 0.29) is 7.92 Å². The van der Waals surface area contributed by atoms with E-state index in [0.717, 1.165) is 0 Å². The monoisotopic (exact) mass is 300 g/mol. The van der Waals surface area contributed by atoms with Crippen LogP contribution in [0.25, 0.3) is 0 Å². The SMILES string of the molecule is CC(C)(C)P(c1ccccc1)C(C)(C)C.c1ccccc1. The number of hydrogen-bond acceptors (Lipinski definition) is 0. The van der Waals surface area contributed by atoms with E-state index in [1.807, 2.05) is 36.4 Å². The minimum absolute atomic E-state index is 0.138. The van der Waals surface area contributed by atoms with Crippen LogP contribution < -0.4 is 5.30 Å². The molecule has 2 aromatic carbocycles. The summed E-state index contributed by atoms with van der Waals surface area (Å²) in [5, 5.41) is 2.26. The molecule has 21 heavy (non-hydrogen) atoms. The van der Waals surface area contributed by atoms with Gasteiger partial charge in [-0.1, -0.05) is 116 Å². The third-order valence-corrected chi connectivity index (χ3v) is 6.52. The zero-order valence-electron chi connectivity index (χ0n) is 14.3. The van der Waals surface area contributed by atoms with E-state index in [1.54, 1.807) is 0 Å². The van der Waals surface area contributed by atoms with Gasteiger partial charge in [-0.25, -0.2) is 0 Å². The van der Waals surface area contributed by atoms with Crippen molar-refractivity contribution in [2.24, 2.45) is 0 Å². The first-order valence-corrected chi connectivity index (χ1v) is 8.92. The third kappa shape index (κ3) is 6.44. The average Bonchev–Trinajstić information content (AvgIpc) is 2.39. The van der Waals surface area contributed by atoms with Crippen LogP contribution in [0.5, 0.6) is 0 Å². The molecule has 0 spiro atoms. The van der Waals surface area contributed by atoms with E-state index in [0.29, 0.717) is 10.3 Å². The van der Waals surface area contributed by atoms with E-state index in [9.17, 15) is 0 Å². The minimum atomic E-state index is -0.138. The normalized spacial score (nSPS) is 11.8. The first kappa shape index (κ1) is 17.9. The molecule has 1 heteroatoms. The molecule has 2 rings (SSSR count). The molecule has 0 fully saturated rings. The molecule has 0 N–H and O–H groups in total. The smallest absolute Gasteiger partial charge is 0.0134 e. The molecule has 114 valence electrons. The maximum atomic E-state index is 2.36. The van der Waals surface area contributed by atoms with Crippen molar-refractivity contribution < 1.29 is 0 Å². The largest absolute Gasteiger partial charge is 0.0643 e. The Morgan fingerprint density at radius 2 is 0.810 bits per heavy atom. The quantitative estimate of drug-likeness (QED) is 0.560. The summed E-state index contributed by atoms with van der Waals surface area (Å²) in [6, 6.07) is 23.0. The van der Waals surface area contributed by atoms with Crippen molar-refractivity contribution in [1.29, 1.82) is 0 Å². The lowest BCUT2D eigenvalue weighted by Gasteiger charge is -2.41. The van der Waals surface area contributed by atoms with Gasteiger partial charge in [0.25, 0.3) is 0 Å². The van der Waals surface area contributed by atoms with Crippen LogP contribution in [0.4, 0.5) is 0 Å². The Morgan fingerprint density at radius 1 is 0.524 bits per heavy atom. The lowest BCUT2D eigenvalue weighted by atomic mass is 10.2. The Labute approximate surface area is 132 Å². The van der Waals surface area contributed by atoms with Crippen LogP contribution in [0.1, 0.15) is 41.5 Å². The molecule has 0 aliphatic carbocycles. The summed E-state index contributed by atoms with van der Waals surface area (Å²) in [4.78, 5) is 0. The summed E-state index contributed by atoms with van der Waals surface area (Å²) in [7, 11) is -0.138. The summed E-state index contributed by atoms with van der Waals surface area (Å²) in [5.74, 6) is 0. The molecule has 0 radical (unpaired) electrons. The molecule has 0 heterocycles. The summed E-state index contributed by atoms with van der Waals surface area (Å²) in [6.07, 6.45) is 0. The van der Waals surface area contributed by atoms with Crippen molar-refractivity contribution in [2.75, 3.05) is 0 Å². The van der Waals surface area contributed by atoms with Crippen LogP contribution in [0.15, 0.2) is 66.7 Å². The Bertz CT molecular complexity index is 448. The molecular formula is C20H29P. The van der Waals surface area contributed by atoms with E-state index in [1.165, 1.54) is 5.30 Å². The lowest BCUT2D eigenvalue weighted by molar-refractivity contribution is 0.715. The lowest BCUT2D eigenvalue weighted by Crippen LogP contribution is -2.30. The van der Waals surface area contributed by atoms with Crippen LogP contribution in [0.2, 0.25) is 0 Å². The maximum absolute atomic E-state index is 2.36. The molecule has 2 aromatic rings. The second-order valence-corrected chi connectivity index (χ2v) is 11.0. The first-order chi connectivity index (χ1) is 9.73.